The monoisotopic (exact) mass is 949 g/mol. The van der Waals surface area contributed by atoms with Gasteiger partial charge in [0.05, 0.1) is 0 Å². The molecular formula is C58H65Cl2SiZr. The van der Waals surface area contributed by atoms with E-state index in [2.05, 4.69) is 228 Å². The molecule has 0 amide bonds. The van der Waals surface area contributed by atoms with E-state index in [1.807, 2.05) is 0 Å². The van der Waals surface area contributed by atoms with Crippen LogP contribution in [0, 0.1) is 10.8 Å². The van der Waals surface area contributed by atoms with Crippen molar-refractivity contribution >= 4 is 35.1 Å². The van der Waals surface area contributed by atoms with Crippen LogP contribution in [0.3, 0.4) is 0 Å². The summed E-state index contributed by atoms with van der Waals surface area (Å²) >= 11 is -5.27. The maximum atomic E-state index is 9.21. The summed E-state index contributed by atoms with van der Waals surface area (Å²) in [6.45, 7) is 28.7. The molecule has 0 aromatic heterocycles. The molecule has 0 heterocycles. The molecule has 0 fully saturated rings. The van der Waals surface area contributed by atoms with E-state index in [4.69, 9.17) is 0 Å². The van der Waals surface area contributed by atoms with Crippen LogP contribution in [0.15, 0.2) is 145 Å². The van der Waals surface area contributed by atoms with E-state index >= 15 is 0 Å². The second-order valence-corrected chi connectivity index (χ2v) is 63.7. The summed E-state index contributed by atoms with van der Waals surface area (Å²) in [6, 6.07) is 49.5. The van der Waals surface area contributed by atoms with E-state index in [0.29, 0.717) is 11.8 Å². The average molecular weight is 952 g/mol. The first-order valence-electron chi connectivity index (χ1n) is 22.9. The molecule has 2 unspecified atom stereocenters. The third-order valence-corrected chi connectivity index (χ3v) is 65.8. The van der Waals surface area contributed by atoms with Gasteiger partial charge >= 0.3 is 385 Å². The van der Waals surface area contributed by atoms with E-state index in [0.717, 1.165) is 0 Å². The first-order valence-corrected chi connectivity index (χ1v) is 39.2. The number of rotatable bonds is 9. The van der Waals surface area contributed by atoms with Crippen molar-refractivity contribution in [2.24, 2.45) is 10.8 Å². The van der Waals surface area contributed by atoms with Gasteiger partial charge in [-0.25, -0.2) is 0 Å². The first kappa shape index (κ1) is 45.1. The van der Waals surface area contributed by atoms with Gasteiger partial charge in [0.1, 0.15) is 0 Å². The van der Waals surface area contributed by atoms with E-state index < -0.39 is 21.5 Å². The molecule has 0 spiro atoms. The van der Waals surface area contributed by atoms with Crippen LogP contribution in [0.2, 0.25) is 13.1 Å². The Balaban J connectivity index is 1.45. The van der Waals surface area contributed by atoms with E-state index in [1.165, 1.54) is 89.0 Å². The maximum absolute atomic E-state index is 9.21. The first-order chi connectivity index (χ1) is 29.2. The van der Waals surface area contributed by atoms with Gasteiger partial charge in [-0.15, -0.1) is 0 Å². The molecule has 319 valence electrons. The molecule has 8 rings (SSSR count). The molecule has 2 atom stereocenters. The molecule has 0 radical (unpaired) electrons. The summed E-state index contributed by atoms with van der Waals surface area (Å²) in [5.41, 5.74) is 20.7. The second-order valence-electron chi connectivity index (χ2n) is 21.1. The molecule has 0 saturated heterocycles. The minimum absolute atomic E-state index is 0.0446. The Kier molecular flexibility index (Phi) is 12.0. The van der Waals surface area contributed by atoms with Crippen molar-refractivity contribution in [2.45, 2.75) is 101 Å². The fourth-order valence-corrected chi connectivity index (χ4v) is 42.4. The number of allylic oxidation sites excluding steroid dienone is 2. The summed E-state index contributed by atoms with van der Waals surface area (Å²) in [5.74, 6) is -1.22. The van der Waals surface area contributed by atoms with Crippen LogP contribution in [-0.4, -0.2) is 5.92 Å². The zero-order chi connectivity index (χ0) is 44.5. The molecule has 6 aromatic carbocycles. The van der Waals surface area contributed by atoms with Crippen LogP contribution in [-0.2, 0) is 15.6 Å². The normalized spacial score (nSPS) is 17.2. The summed E-state index contributed by atoms with van der Waals surface area (Å²) in [5, 5.41) is 0. The Bertz CT molecular complexity index is 2540. The van der Waals surface area contributed by atoms with Gasteiger partial charge in [-0.2, -0.15) is 0 Å². The Hall–Kier alpha value is -3.52. The van der Waals surface area contributed by atoms with Gasteiger partial charge < -0.3 is 0 Å². The standard InChI is InChI=1S/2C28H29.C2H7Si.2ClH.Zr/c2*1-19(2)23-16-15-21-17-22(28(3,4)5)18-26(21)27(23)25-14-10-9-13-24(25)20-11-7-6-8-12-20;1-3-2;;;/h2*6-19H,1-5H3;3H,1-2H3;2*1H;/q;;;;;+2/p-2. The number of fused-ring (bicyclic) bond motifs is 2. The van der Waals surface area contributed by atoms with Crippen molar-refractivity contribution in [3.63, 3.8) is 0 Å². The number of benzene rings is 6. The SMILES string of the molecule is CC(C)c1ccc2c(c1-c1ccccc1-c1ccccc1)C=C(C(C)(C)C)[CH]2[Zr]([Cl])([Cl])([CH]1C(C(C)(C)C)=Cc2c1ccc(C(C)C)c2-c1ccccc1-c1ccccc1)[SiH](C)C. The Morgan fingerprint density at radius 2 is 0.774 bits per heavy atom. The Labute approximate surface area is 382 Å². The molecule has 0 N–H and O–H groups in total. The van der Waals surface area contributed by atoms with Crippen molar-refractivity contribution in [3.8, 4) is 44.5 Å². The zero-order valence-electron chi connectivity index (χ0n) is 39.0. The molecule has 2 aliphatic rings. The summed E-state index contributed by atoms with van der Waals surface area (Å²) in [7, 11) is 18.4. The number of halogens is 2. The van der Waals surface area contributed by atoms with Crippen molar-refractivity contribution < 1.29 is 15.6 Å². The molecule has 6 aromatic rings. The summed E-state index contributed by atoms with van der Waals surface area (Å²) in [4.78, 5) is 0. The van der Waals surface area contributed by atoms with Crippen LogP contribution < -0.4 is 0 Å². The Morgan fingerprint density at radius 1 is 0.452 bits per heavy atom. The Morgan fingerprint density at radius 3 is 1.08 bits per heavy atom. The molecular weight excluding hydrogens is 887 g/mol. The predicted molar refractivity (Wildman–Crippen MR) is 274 cm³/mol. The van der Waals surface area contributed by atoms with Gasteiger partial charge in [-0.05, 0) is 0 Å². The number of hydrogen-bond acceptors (Lipinski definition) is 0. The quantitative estimate of drug-likeness (QED) is 0.127. The summed E-state index contributed by atoms with van der Waals surface area (Å²) in [6.07, 6.45) is 5.13. The fraction of sp³-hybridized carbons (Fsp3) is 0.310. The van der Waals surface area contributed by atoms with Crippen LogP contribution in [0.5, 0.6) is 0 Å². The van der Waals surface area contributed by atoms with E-state index in [1.54, 1.807) is 0 Å². The van der Waals surface area contributed by atoms with Crippen LogP contribution in [0.25, 0.3) is 56.7 Å². The van der Waals surface area contributed by atoms with Gasteiger partial charge in [-0.1, -0.05) is 0 Å². The third-order valence-electron chi connectivity index (χ3n) is 14.2. The minimum atomic E-state index is -5.27. The number of hydrogen-bond donors (Lipinski definition) is 0. The zero-order valence-corrected chi connectivity index (χ0v) is 44.1. The topological polar surface area (TPSA) is 0 Å². The van der Waals surface area contributed by atoms with Gasteiger partial charge in [-0.3, -0.25) is 0 Å². The predicted octanol–water partition coefficient (Wildman–Crippen LogP) is 18.3. The van der Waals surface area contributed by atoms with Crippen molar-refractivity contribution in [2.75, 3.05) is 0 Å². The second kappa shape index (κ2) is 16.5. The van der Waals surface area contributed by atoms with Crippen LogP contribution in [0.4, 0.5) is 0 Å². The fourth-order valence-electron chi connectivity index (χ4n) is 11.0. The van der Waals surface area contributed by atoms with Gasteiger partial charge in [0, 0.05) is 0 Å². The van der Waals surface area contributed by atoms with E-state index in [-0.39, 0.29) is 18.1 Å². The molecule has 0 bridgehead atoms. The summed E-state index contributed by atoms with van der Waals surface area (Å²) < 4.78 is -0.0892. The molecule has 0 nitrogen and oxygen atoms in total. The van der Waals surface area contributed by atoms with Crippen molar-refractivity contribution in [3.05, 3.63) is 178 Å². The third kappa shape index (κ3) is 7.48. The van der Waals surface area contributed by atoms with Gasteiger partial charge in [0.25, 0.3) is 0 Å². The molecule has 2 aliphatic carbocycles. The van der Waals surface area contributed by atoms with Gasteiger partial charge in [0.2, 0.25) is 0 Å². The molecule has 62 heavy (non-hydrogen) atoms. The molecule has 4 heteroatoms. The molecule has 0 saturated carbocycles. The van der Waals surface area contributed by atoms with Crippen molar-refractivity contribution in [1.82, 2.24) is 0 Å². The molecule has 0 aliphatic heterocycles. The van der Waals surface area contributed by atoms with Crippen molar-refractivity contribution in [1.29, 1.82) is 0 Å². The van der Waals surface area contributed by atoms with Gasteiger partial charge in [0.15, 0.2) is 0 Å². The van der Waals surface area contributed by atoms with E-state index in [9.17, 15) is 17.0 Å². The van der Waals surface area contributed by atoms with Crippen LogP contribution in [0.1, 0.15) is 122 Å². The average Bonchev–Trinajstić information content (AvgIpc) is 3.86. The van der Waals surface area contributed by atoms with Crippen LogP contribution >= 0.6 is 17.0 Å².